The molecule has 0 fully saturated rings. The van der Waals surface area contributed by atoms with Crippen molar-refractivity contribution in [3.05, 3.63) is 51.6 Å². The van der Waals surface area contributed by atoms with Gasteiger partial charge in [-0.1, -0.05) is 52.0 Å². The number of aromatic nitrogens is 2. The van der Waals surface area contributed by atoms with Crippen LogP contribution < -0.4 is 5.56 Å². The molecule has 2 aromatic rings. The molecule has 0 saturated heterocycles. The monoisotopic (exact) mass is 367 g/mol. The first-order valence-electron chi connectivity index (χ1n) is 10.5. The first-order chi connectivity index (χ1) is 13.1. The van der Waals surface area contributed by atoms with E-state index < -0.39 is 0 Å². The second-order valence-electron chi connectivity index (χ2n) is 7.83. The highest BCUT2D eigenvalue weighted by atomic mass is 16.1. The van der Waals surface area contributed by atoms with Gasteiger partial charge >= 0.3 is 0 Å². The number of nitrogens with one attached hydrogen (secondary N) is 1. The summed E-state index contributed by atoms with van der Waals surface area (Å²) in [6, 6.07) is 8.46. The van der Waals surface area contributed by atoms with Gasteiger partial charge in [0.15, 0.2) is 0 Å². The number of hydrogen-bond donors (Lipinski definition) is 1. The minimum Gasteiger partial charge on any atom is -0.309 e. The van der Waals surface area contributed by atoms with Crippen LogP contribution in [0.1, 0.15) is 70.3 Å². The third-order valence-electron chi connectivity index (χ3n) is 6.11. The summed E-state index contributed by atoms with van der Waals surface area (Å²) in [5.41, 5.74) is 4.20. The summed E-state index contributed by atoms with van der Waals surface area (Å²) in [6.07, 6.45) is 5.03. The van der Waals surface area contributed by atoms with Gasteiger partial charge in [0.2, 0.25) is 0 Å². The van der Waals surface area contributed by atoms with E-state index in [-0.39, 0.29) is 11.0 Å². The molecule has 0 spiro atoms. The van der Waals surface area contributed by atoms with Crippen molar-refractivity contribution in [2.45, 2.75) is 71.8 Å². The van der Waals surface area contributed by atoms with E-state index in [1.807, 2.05) is 0 Å². The van der Waals surface area contributed by atoms with Crippen molar-refractivity contribution in [1.29, 1.82) is 0 Å². The number of H-pyrrole nitrogens is 1. The highest BCUT2D eigenvalue weighted by molar-refractivity contribution is 5.71. The Morgan fingerprint density at radius 3 is 2.37 bits per heavy atom. The lowest BCUT2D eigenvalue weighted by Crippen LogP contribution is -2.39. The predicted molar refractivity (Wildman–Crippen MR) is 112 cm³/mol. The summed E-state index contributed by atoms with van der Waals surface area (Å²) >= 11 is 0. The van der Waals surface area contributed by atoms with Gasteiger partial charge in [0.25, 0.3) is 5.56 Å². The van der Waals surface area contributed by atoms with E-state index in [0.29, 0.717) is 6.54 Å². The minimum absolute atomic E-state index is 0.0566. The van der Waals surface area contributed by atoms with Crippen LogP contribution in [0.25, 0.3) is 11.3 Å². The van der Waals surface area contributed by atoms with Gasteiger partial charge < -0.3 is 4.98 Å². The smallest absolute Gasteiger partial charge is 0.255 e. The number of benzene rings is 1. The lowest BCUT2D eigenvalue weighted by molar-refractivity contribution is 0.259. The Morgan fingerprint density at radius 2 is 1.74 bits per heavy atom. The Morgan fingerprint density at radius 1 is 1.07 bits per heavy atom. The van der Waals surface area contributed by atoms with Gasteiger partial charge in [-0.3, -0.25) is 9.69 Å². The van der Waals surface area contributed by atoms with Crippen molar-refractivity contribution in [3.63, 3.8) is 0 Å². The molecule has 1 aromatic heterocycles. The molecule has 1 N–H and O–H groups in total. The van der Waals surface area contributed by atoms with Gasteiger partial charge in [-0.15, -0.1) is 0 Å². The van der Waals surface area contributed by atoms with Gasteiger partial charge in [-0.25, -0.2) is 4.98 Å². The molecular weight excluding hydrogens is 334 g/mol. The van der Waals surface area contributed by atoms with Gasteiger partial charge in [-0.2, -0.15) is 0 Å². The maximum atomic E-state index is 13.2. The van der Waals surface area contributed by atoms with Crippen molar-refractivity contribution in [2.75, 3.05) is 13.1 Å². The maximum absolute atomic E-state index is 13.2. The molecule has 4 heteroatoms. The number of aromatic amines is 1. The fourth-order valence-corrected chi connectivity index (χ4v) is 4.61. The molecule has 0 bridgehead atoms. The largest absolute Gasteiger partial charge is 0.309 e. The highest BCUT2D eigenvalue weighted by Crippen LogP contribution is 2.44. The lowest BCUT2D eigenvalue weighted by atomic mass is 9.66. The molecule has 27 heavy (non-hydrogen) atoms. The summed E-state index contributed by atoms with van der Waals surface area (Å²) in [5.74, 6) is 0.790. The number of nitrogens with zero attached hydrogens (tertiary/aromatic N) is 2. The summed E-state index contributed by atoms with van der Waals surface area (Å²) in [4.78, 5) is 23.7. The van der Waals surface area contributed by atoms with Crippen LogP contribution in [-0.4, -0.2) is 28.0 Å². The van der Waals surface area contributed by atoms with Gasteiger partial charge in [-0.05, 0) is 50.8 Å². The van der Waals surface area contributed by atoms with E-state index in [1.54, 1.807) is 0 Å². The highest BCUT2D eigenvalue weighted by Gasteiger charge is 2.39. The van der Waals surface area contributed by atoms with Crippen LogP contribution in [0.3, 0.4) is 0 Å². The van der Waals surface area contributed by atoms with Crippen LogP contribution in [-0.2, 0) is 18.4 Å². The van der Waals surface area contributed by atoms with Crippen molar-refractivity contribution < 1.29 is 0 Å². The molecular formula is C23H33N3O. The zero-order valence-corrected chi connectivity index (χ0v) is 17.3. The molecule has 0 atom stereocenters. The van der Waals surface area contributed by atoms with E-state index in [2.05, 4.69) is 61.8 Å². The molecule has 0 radical (unpaired) electrons. The van der Waals surface area contributed by atoms with Gasteiger partial charge in [0, 0.05) is 11.0 Å². The molecule has 0 aliphatic heterocycles. The van der Waals surface area contributed by atoms with Crippen LogP contribution in [0, 0.1) is 0 Å². The van der Waals surface area contributed by atoms with Gasteiger partial charge in [0.05, 0.1) is 17.8 Å². The van der Waals surface area contributed by atoms with Crippen molar-refractivity contribution in [2.24, 2.45) is 0 Å². The zero-order chi connectivity index (χ0) is 19.4. The SMILES string of the molecule is CCCN(CCC)Cc1nc2c(c(=O)[nH]1)C(CC)(CC)Cc1ccccc1-2. The molecule has 1 aliphatic carbocycles. The summed E-state index contributed by atoms with van der Waals surface area (Å²) in [7, 11) is 0. The van der Waals surface area contributed by atoms with Crippen LogP contribution in [0.2, 0.25) is 0 Å². The molecule has 3 rings (SSSR count). The van der Waals surface area contributed by atoms with Crippen LogP contribution in [0.5, 0.6) is 0 Å². The minimum atomic E-state index is -0.116. The third-order valence-corrected chi connectivity index (χ3v) is 6.11. The Kier molecular flexibility index (Phi) is 6.15. The summed E-state index contributed by atoms with van der Waals surface area (Å²) in [6.45, 7) is 11.5. The molecule has 0 saturated carbocycles. The van der Waals surface area contributed by atoms with Crippen LogP contribution in [0.15, 0.2) is 29.1 Å². The van der Waals surface area contributed by atoms with E-state index in [1.165, 1.54) is 5.56 Å². The normalized spacial score (nSPS) is 14.9. The second kappa shape index (κ2) is 8.39. The van der Waals surface area contributed by atoms with E-state index in [4.69, 9.17) is 4.98 Å². The fourth-order valence-electron chi connectivity index (χ4n) is 4.61. The Labute approximate surface area is 163 Å². The van der Waals surface area contributed by atoms with Crippen molar-refractivity contribution in [3.8, 4) is 11.3 Å². The quantitative estimate of drug-likeness (QED) is 0.737. The number of rotatable bonds is 8. The average Bonchev–Trinajstić information content (AvgIpc) is 2.67. The third kappa shape index (κ3) is 3.73. The topological polar surface area (TPSA) is 49.0 Å². The summed E-state index contributed by atoms with van der Waals surface area (Å²) < 4.78 is 0. The van der Waals surface area contributed by atoms with Crippen molar-refractivity contribution in [1.82, 2.24) is 14.9 Å². The lowest BCUT2D eigenvalue weighted by Gasteiger charge is -2.37. The molecule has 1 aromatic carbocycles. The van der Waals surface area contributed by atoms with Gasteiger partial charge in [0.1, 0.15) is 5.82 Å². The molecule has 1 heterocycles. The van der Waals surface area contributed by atoms with E-state index >= 15 is 0 Å². The van der Waals surface area contributed by atoms with E-state index in [9.17, 15) is 4.79 Å². The standard InChI is InChI=1S/C23H33N3O/c1-5-13-26(14-6-2)16-19-24-21-18-12-10-9-11-17(18)15-23(7-3,8-4)20(21)22(27)25-19/h9-12H,5-8,13-16H2,1-4H3,(H,24,25,27). The average molecular weight is 368 g/mol. The fraction of sp³-hybridized carbons (Fsp3) is 0.565. The van der Waals surface area contributed by atoms with Crippen LogP contribution >= 0.6 is 0 Å². The Bertz CT molecular complexity index is 830. The first kappa shape index (κ1) is 19.8. The second-order valence-corrected chi connectivity index (χ2v) is 7.83. The number of hydrogen-bond acceptors (Lipinski definition) is 3. The first-order valence-corrected chi connectivity index (χ1v) is 10.5. The molecule has 4 nitrogen and oxygen atoms in total. The van der Waals surface area contributed by atoms with Crippen LogP contribution in [0.4, 0.5) is 0 Å². The predicted octanol–water partition coefficient (Wildman–Crippen LogP) is 4.67. The molecule has 0 unspecified atom stereocenters. The van der Waals surface area contributed by atoms with Crippen molar-refractivity contribution >= 4 is 0 Å². The molecule has 0 amide bonds. The van der Waals surface area contributed by atoms with E-state index in [0.717, 1.165) is 67.8 Å². The zero-order valence-electron chi connectivity index (χ0n) is 17.3. The Balaban J connectivity index is 2.12. The number of fused-ring (bicyclic) bond motifs is 3. The summed E-state index contributed by atoms with van der Waals surface area (Å²) in [5, 5.41) is 0. The molecule has 1 aliphatic rings. The molecule has 146 valence electrons. The maximum Gasteiger partial charge on any atom is 0.255 e. The Hall–Kier alpha value is -1.94.